The number of amides is 1. The molecule has 0 bridgehead atoms. The second-order valence-corrected chi connectivity index (χ2v) is 4.81. The van der Waals surface area contributed by atoms with E-state index in [-0.39, 0.29) is 18.9 Å². The van der Waals surface area contributed by atoms with Crippen LogP contribution >= 0.6 is 0 Å². The van der Waals surface area contributed by atoms with E-state index in [0.29, 0.717) is 25.4 Å². The Balaban J connectivity index is 2.22. The Morgan fingerprint density at radius 3 is 2.95 bits per heavy atom. The number of hydrogen-bond acceptors (Lipinski definition) is 4. The highest BCUT2D eigenvalue weighted by atomic mass is 16.5. The molecule has 1 amide bonds. The molecule has 0 radical (unpaired) electrons. The molecule has 1 saturated heterocycles. The topological polar surface area (TPSA) is 84.7 Å². The number of hydrogen-bond donors (Lipinski definition) is 1. The molecule has 1 aliphatic rings. The summed E-state index contributed by atoms with van der Waals surface area (Å²) in [6, 6.07) is 1.31. The van der Waals surface area contributed by atoms with Gasteiger partial charge in [-0.3, -0.25) is 14.3 Å². The van der Waals surface area contributed by atoms with E-state index in [2.05, 4.69) is 5.10 Å². The first-order chi connectivity index (χ1) is 9.52. The second-order valence-electron chi connectivity index (χ2n) is 4.81. The van der Waals surface area contributed by atoms with Crippen molar-refractivity contribution in [2.45, 2.75) is 32.9 Å². The van der Waals surface area contributed by atoms with Gasteiger partial charge in [-0.15, -0.1) is 0 Å². The van der Waals surface area contributed by atoms with Crippen molar-refractivity contribution in [1.82, 2.24) is 14.7 Å². The maximum absolute atomic E-state index is 12.6. The van der Waals surface area contributed by atoms with Crippen LogP contribution in [0.4, 0.5) is 0 Å². The van der Waals surface area contributed by atoms with Crippen LogP contribution in [-0.2, 0) is 16.1 Å². The number of carbonyl (C=O) groups excluding carboxylic acids is 1. The predicted molar refractivity (Wildman–Crippen MR) is 70.5 cm³/mol. The van der Waals surface area contributed by atoms with Crippen molar-refractivity contribution in [3.63, 3.8) is 0 Å². The summed E-state index contributed by atoms with van der Waals surface area (Å²) >= 11 is 0. The zero-order valence-electron chi connectivity index (χ0n) is 11.7. The Labute approximate surface area is 117 Å². The SMILES string of the molecule is CCn1nc(C)cc1C(=O)N1CCOCC1CC(=O)O. The fourth-order valence-electron chi connectivity index (χ4n) is 2.40. The van der Waals surface area contributed by atoms with E-state index in [0.717, 1.165) is 5.69 Å². The summed E-state index contributed by atoms with van der Waals surface area (Å²) in [5.74, 6) is -1.11. The standard InChI is InChI=1S/C13H19N3O4/c1-3-16-11(6-9(2)14-16)13(19)15-4-5-20-8-10(15)7-12(17)18/h6,10H,3-5,7-8H2,1-2H3,(H,17,18). The van der Waals surface area contributed by atoms with Gasteiger partial charge in [0.25, 0.3) is 5.91 Å². The van der Waals surface area contributed by atoms with Gasteiger partial charge in [0.1, 0.15) is 5.69 Å². The highest BCUT2D eigenvalue weighted by Gasteiger charge is 2.31. The minimum absolute atomic E-state index is 0.106. The Hall–Kier alpha value is -1.89. The van der Waals surface area contributed by atoms with Gasteiger partial charge in [-0.05, 0) is 19.9 Å². The van der Waals surface area contributed by atoms with Crippen LogP contribution in [0.5, 0.6) is 0 Å². The van der Waals surface area contributed by atoms with Crippen molar-refractivity contribution in [2.24, 2.45) is 0 Å². The lowest BCUT2D eigenvalue weighted by atomic mass is 10.1. The van der Waals surface area contributed by atoms with Gasteiger partial charge in [-0.2, -0.15) is 5.10 Å². The number of carboxylic acid groups (broad SMARTS) is 1. The summed E-state index contributed by atoms with van der Waals surface area (Å²) in [5.41, 5.74) is 1.28. The minimum atomic E-state index is -0.932. The molecular formula is C13H19N3O4. The van der Waals surface area contributed by atoms with Crippen molar-refractivity contribution in [3.05, 3.63) is 17.5 Å². The van der Waals surface area contributed by atoms with E-state index in [1.165, 1.54) is 0 Å². The largest absolute Gasteiger partial charge is 0.481 e. The lowest BCUT2D eigenvalue weighted by Gasteiger charge is -2.34. The zero-order chi connectivity index (χ0) is 14.7. The van der Waals surface area contributed by atoms with Crippen molar-refractivity contribution in [2.75, 3.05) is 19.8 Å². The molecule has 1 atom stereocenters. The third-order valence-electron chi connectivity index (χ3n) is 3.32. The van der Waals surface area contributed by atoms with Gasteiger partial charge in [-0.25, -0.2) is 0 Å². The number of rotatable bonds is 4. The normalized spacial score (nSPS) is 19.1. The number of carboxylic acids is 1. The molecule has 1 N–H and O–H groups in total. The Bertz CT molecular complexity index is 512. The molecular weight excluding hydrogens is 262 g/mol. The molecule has 20 heavy (non-hydrogen) atoms. The van der Waals surface area contributed by atoms with Gasteiger partial charge >= 0.3 is 5.97 Å². The highest BCUT2D eigenvalue weighted by Crippen LogP contribution is 2.16. The third kappa shape index (κ3) is 2.98. The van der Waals surface area contributed by atoms with Gasteiger partial charge in [-0.1, -0.05) is 0 Å². The number of carbonyl (C=O) groups is 2. The van der Waals surface area contributed by atoms with Gasteiger partial charge in [0.05, 0.1) is 31.4 Å². The van der Waals surface area contributed by atoms with Crippen LogP contribution in [0.15, 0.2) is 6.07 Å². The molecule has 1 aliphatic heterocycles. The van der Waals surface area contributed by atoms with Crippen LogP contribution in [0.1, 0.15) is 29.5 Å². The average molecular weight is 281 g/mol. The van der Waals surface area contributed by atoms with E-state index < -0.39 is 12.0 Å². The number of aliphatic carboxylic acids is 1. The van der Waals surface area contributed by atoms with Crippen LogP contribution in [-0.4, -0.2) is 57.5 Å². The monoisotopic (exact) mass is 281 g/mol. The molecule has 0 saturated carbocycles. The van der Waals surface area contributed by atoms with Gasteiger partial charge in [0.15, 0.2) is 0 Å². The lowest BCUT2D eigenvalue weighted by Crippen LogP contribution is -2.50. The zero-order valence-corrected chi connectivity index (χ0v) is 11.7. The smallest absolute Gasteiger partial charge is 0.305 e. The van der Waals surface area contributed by atoms with Crippen LogP contribution in [0.2, 0.25) is 0 Å². The number of nitrogens with zero attached hydrogens (tertiary/aromatic N) is 3. The first-order valence-corrected chi connectivity index (χ1v) is 6.68. The Morgan fingerprint density at radius 1 is 1.55 bits per heavy atom. The lowest BCUT2D eigenvalue weighted by molar-refractivity contribution is -0.139. The summed E-state index contributed by atoms with van der Waals surface area (Å²) in [7, 11) is 0. The van der Waals surface area contributed by atoms with Gasteiger partial charge < -0.3 is 14.7 Å². The van der Waals surface area contributed by atoms with E-state index in [1.54, 1.807) is 15.6 Å². The molecule has 1 unspecified atom stereocenters. The molecule has 0 aliphatic carbocycles. The van der Waals surface area contributed by atoms with Crippen LogP contribution in [0.3, 0.4) is 0 Å². The van der Waals surface area contributed by atoms with Gasteiger partial charge in [0, 0.05) is 13.1 Å². The fraction of sp³-hybridized carbons (Fsp3) is 0.615. The first kappa shape index (κ1) is 14.5. The Morgan fingerprint density at radius 2 is 2.30 bits per heavy atom. The number of morpholine rings is 1. The molecule has 1 aromatic heterocycles. The van der Waals surface area contributed by atoms with Crippen molar-refractivity contribution in [1.29, 1.82) is 0 Å². The Kier molecular flexibility index (Phi) is 4.39. The predicted octanol–water partition coefficient (Wildman–Crippen LogP) is 0.527. The van der Waals surface area contributed by atoms with Crippen LogP contribution in [0, 0.1) is 6.92 Å². The molecule has 110 valence electrons. The maximum atomic E-state index is 12.6. The van der Waals surface area contributed by atoms with E-state index in [9.17, 15) is 9.59 Å². The molecule has 0 spiro atoms. The van der Waals surface area contributed by atoms with Gasteiger partial charge in [0.2, 0.25) is 0 Å². The van der Waals surface area contributed by atoms with E-state index >= 15 is 0 Å². The summed E-state index contributed by atoms with van der Waals surface area (Å²) < 4.78 is 6.93. The molecule has 2 rings (SSSR count). The number of ether oxygens (including phenoxy) is 1. The average Bonchev–Trinajstić information content (AvgIpc) is 2.79. The minimum Gasteiger partial charge on any atom is -0.481 e. The molecule has 7 nitrogen and oxygen atoms in total. The molecule has 7 heteroatoms. The summed E-state index contributed by atoms with van der Waals surface area (Å²) in [4.78, 5) is 25.1. The summed E-state index contributed by atoms with van der Waals surface area (Å²) in [6.45, 7) is 5.44. The fourth-order valence-corrected chi connectivity index (χ4v) is 2.40. The first-order valence-electron chi connectivity index (χ1n) is 6.68. The van der Waals surface area contributed by atoms with Crippen LogP contribution < -0.4 is 0 Å². The third-order valence-corrected chi connectivity index (χ3v) is 3.32. The molecule has 0 aromatic carbocycles. The number of aromatic nitrogens is 2. The van der Waals surface area contributed by atoms with E-state index in [1.807, 2.05) is 13.8 Å². The quantitative estimate of drug-likeness (QED) is 0.870. The summed E-state index contributed by atoms with van der Waals surface area (Å²) in [5, 5.41) is 13.2. The maximum Gasteiger partial charge on any atom is 0.305 e. The number of aryl methyl sites for hydroxylation is 2. The van der Waals surface area contributed by atoms with Crippen molar-refractivity contribution in [3.8, 4) is 0 Å². The van der Waals surface area contributed by atoms with E-state index in [4.69, 9.17) is 9.84 Å². The highest BCUT2D eigenvalue weighted by molar-refractivity contribution is 5.93. The van der Waals surface area contributed by atoms with Crippen LogP contribution in [0.25, 0.3) is 0 Å². The summed E-state index contributed by atoms with van der Waals surface area (Å²) in [6.07, 6.45) is -0.106. The van der Waals surface area contributed by atoms with Crippen molar-refractivity contribution >= 4 is 11.9 Å². The molecule has 1 aromatic rings. The van der Waals surface area contributed by atoms with Crippen molar-refractivity contribution < 1.29 is 19.4 Å². The molecule has 1 fully saturated rings. The molecule has 2 heterocycles. The second kappa shape index (κ2) is 6.04.